The Labute approximate surface area is 166 Å². The molecule has 28 heavy (non-hydrogen) atoms. The van der Waals surface area contributed by atoms with Crippen LogP contribution in [0.1, 0.15) is 54.9 Å². The molecule has 6 heteroatoms. The number of hydrazone groups is 1. The summed E-state index contributed by atoms with van der Waals surface area (Å²) in [6.45, 7) is 2.14. The van der Waals surface area contributed by atoms with E-state index >= 15 is 0 Å². The first-order valence-electron chi connectivity index (χ1n) is 9.49. The highest BCUT2D eigenvalue weighted by molar-refractivity contribution is 5.97. The van der Waals surface area contributed by atoms with E-state index in [-0.39, 0.29) is 11.8 Å². The molecule has 0 aliphatic carbocycles. The van der Waals surface area contributed by atoms with Crippen LogP contribution in [0.15, 0.2) is 53.6 Å². The molecule has 0 radical (unpaired) electrons. The van der Waals surface area contributed by atoms with E-state index in [9.17, 15) is 9.59 Å². The normalized spacial score (nSPS) is 10.6. The second-order valence-corrected chi connectivity index (χ2v) is 6.41. The van der Waals surface area contributed by atoms with E-state index in [0.717, 1.165) is 37.0 Å². The topological polar surface area (TPSA) is 79.8 Å². The number of rotatable bonds is 10. The summed E-state index contributed by atoms with van der Waals surface area (Å²) in [5.41, 5.74) is 4.36. The number of carbonyl (C=O) groups excluding carboxylic acids is 2. The van der Waals surface area contributed by atoms with Crippen LogP contribution in [-0.4, -0.2) is 25.1 Å². The van der Waals surface area contributed by atoms with Crippen molar-refractivity contribution in [3.63, 3.8) is 0 Å². The van der Waals surface area contributed by atoms with Gasteiger partial charge in [-0.25, -0.2) is 5.43 Å². The van der Waals surface area contributed by atoms with Gasteiger partial charge in [0.05, 0.1) is 13.3 Å². The van der Waals surface area contributed by atoms with Crippen molar-refractivity contribution in [2.45, 2.75) is 39.0 Å². The molecule has 0 bridgehead atoms. The average Bonchev–Trinajstić information content (AvgIpc) is 2.72. The molecule has 0 atom stereocenters. The van der Waals surface area contributed by atoms with Crippen LogP contribution in [-0.2, 0) is 4.79 Å². The summed E-state index contributed by atoms with van der Waals surface area (Å²) in [5, 5.41) is 6.81. The highest BCUT2D eigenvalue weighted by Gasteiger charge is 2.07. The van der Waals surface area contributed by atoms with Gasteiger partial charge in [0.25, 0.3) is 5.91 Å². The van der Waals surface area contributed by atoms with E-state index < -0.39 is 0 Å². The van der Waals surface area contributed by atoms with E-state index in [1.165, 1.54) is 0 Å². The lowest BCUT2D eigenvalue weighted by Crippen LogP contribution is -2.18. The number of hydrogen-bond donors (Lipinski definition) is 2. The lowest BCUT2D eigenvalue weighted by atomic mass is 10.1. The number of hydrogen-bond acceptors (Lipinski definition) is 4. The smallest absolute Gasteiger partial charge is 0.271 e. The molecule has 0 heterocycles. The van der Waals surface area contributed by atoms with Crippen molar-refractivity contribution in [2.75, 3.05) is 12.4 Å². The third kappa shape index (κ3) is 7.23. The fourth-order valence-electron chi connectivity index (χ4n) is 2.59. The van der Waals surface area contributed by atoms with E-state index in [2.05, 4.69) is 22.8 Å². The molecular formula is C22H27N3O3. The van der Waals surface area contributed by atoms with Crippen LogP contribution < -0.4 is 15.5 Å². The minimum Gasteiger partial charge on any atom is -0.497 e. The van der Waals surface area contributed by atoms with E-state index in [1.807, 2.05) is 24.3 Å². The van der Waals surface area contributed by atoms with Crippen molar-refractivity contribution in [3.8, 4) is 5.75 Å². The largest absolute Gasteiger partial charge is 0.497 e. The van der Waals surface area contributed by atoms with Crippen molar-refractivity contribution in [2.24, 2.45) is 5.10 Å². The Bertz CT molecular complexity index is 801. The van der Waals surface area contributed by atoms with Crippen LogP contribution in [0.5, 0.6) is 5.75 Å². The number of carbonyl (C=O) groups is 2. The molecule has 2 amide bonds. The molecule has 0 spiro atoms. The molecule has 0 aromatic heterocycles. The number of methoxy groups -OCH3 is 1. The highest BCUT2D eigenvalue weighted by Crippen LogP contribution is 2.13. The van der Waals surface area contributed by atoms with Crippen LogP contribution in [0.25, 0.3) is 0 Å². The maximum Gasteiger partial charge on any atom is 0.271 e. The number of nitrogens with one attached hydrogen (secondary N) is 2. The Morgan fingerprint density at radius 2 is 1.86 bits per heavy atom. The molecular weight excluding hydrogens is 354 g/mol. The van der Waals surface area contributed by atoms with Gasteiger partial charge in [-0.1, -0.05) is 32.3 Å². The van der Waals surface area contributed by atoms with Gasteiger partial charge in [-0.2, -0.15) is 5.10 Å². The molecule has 0 saturated carbocycles. The number of nitrogens with zero attached hydrogens (tertiary/aromatic N) is 1. The molecule has 148 valence electrons. The molecule has 0 aliphatic heterocycles. The zero-order valence-electron chi connectivity index (χ0n) is 16.4. The molecule has 0 fully saturated rings. The lowest BCUT2D eigenvalue weighted by Gasteiger charge is -2.07. The molecule has 2 N–H and O–H groups in total. The summed E-state index contributed by atoms with van der Waals surface area (Å²) in [7, 11) is 1.60. The zero-order valence-corrected chi connectivity index (χ0v) is 16.4. The molecule has 2 aromatic rings. The molecule has 0 saturated heterocycles. The summed E-state index contributed by atoms with van der Waals surface area (Å²) >= 11 is 0. The van der Waals surface area contributed by atoms with Gasteiger partial charge in [0.1, 0.15) is 5.75 Å². The monoisotopic (exact) mass is 381 g/mol. The standard InChI is InChI=1S/C22H27N3O3/c1-3-4-5-6-10-21(26)24-19-9-7-8-18(15-19)22(27)25-23-16-17-11-13-20(28-2)14-12-17/h7-9,11-16H,3-6,10H2,1-2H3,(H,24,26)(H,25,27). The summed E-state index contributed by atoms with van der Waals surface area (Å²) in [6.07, 6.45) is 6.25. The van der Waals surface area contributed by atoms with Gasteiger partial charge in [-0.3, -0.25) is 9.59 Å². The third-order valence-corrected chi connectivity index (χ3v) is 4.16. The first-order valence-corrected chi connectivity index (χ1v) is 9.49. The number of ether oxygens (including phenoxy) is 1. The minimum absolute atomic E-state index is 0.0359. The summed E-state index contributed by atoms with van der Waals surface area (Å²) < 4.78 is 5.10. The molecule has 0 aliphatic rings. The summed E-state index contributed by atoms with van der Waals surface area (Å²) in [5.74, 6) is 0.375. The quantitative estimate of drug-likeness (QED) is 0.364. The van der Waals surface area contributed by atoms with Crippen molar-refractivity contribution in [3.05, 3.63) is 59.7 Å². The SMILES string of the molecule is CCCCCCC(=O)Nc1cccc(C(=O)NN=Cc2ccc(OC)cc2)c1. The molecule has 2 aromatic carbocycles. The Morgan fingerprint density at radius 1 is 1.07 bits per heavy atom. The Balaban J connectivity index is 1.86. The van der Waals surface area contributed by atoms with E-state index in [0.29, 0.717) is 17.7 Å². The second-order valence-electron chi connectivity index (χ2n) is 6.41. The second kappa shape index (κ2) is 11.5. The predicted octanol–water partition coefficient (Wildman–Crippen LogP) is 4.37. The number of benzene rings is 2. The van der Waals surface area contributed by atoms with Gasteiger partial charge in [-0.05, 0) is 54.4 Å². The Kier molecular flexibility index (Phi) is 8.72. The highest BCUT2D eigenvalue weighted by atomic mass is 16.5. The fourth-order valence-corrected chi connectivity index (χ4v) is 2.59. The Morgan fingerprint density at radius 3 is 2.57 bits per heavy atom. The first-order chi connectivity index (χ1) is 13.6. The van der Waals surface area contributed by atoms with Crippen molar-refractivity contribution < 1.29 is 14.3 Å². The molecule has 6 nitrogen and oxygen atoms in total. The van der Waals surface area contributed by atoms with Gasteiger partial charge in [0.2, 0.25) is 5.91 Å². The summed E-state index contributed by atoms with van der Waals surface area (Å²) in [6, 6.07) is 14.1. The van der Waals surface area contributed by atoms with Gasteiger partial charge in [0.15, 0.2) is 0 Å². The van der Waals surface area contributed by atoms with Gasteiger partial charge in [0, 0.05) is 17.7 Å². The number of amides is 2. The van der Waals surface area contributed by atoms with Crippen LogP contribution in [0.2, 0.25) is 0 Å². The third-order valence-electron chi connectivity index (χ3n) is 4.16. The van der Waals surface area contributed by atoms with E-state index in [4.69, 9.17) is 4.74 Å². The van der Waals surface area contributed by atoms with Gasteiger partial charge >= 0.3 is 0 Å². The lowest BCUT2D eigenvalue weighted by molar-refractivity contribution is -0.116. The maximum absolute atomic E-state index is 12.3. The van der Waals surface area contributed by atoms with Crippen molar-refractivity contribution in [1.29, 1.82) is 0 Å². The number of anilines is 1. The molecule has 2 rings (SSSR count). The predicted molar refractivity (Wildman–Crippen MR) is 112 cm³/mol. The van der Waals surface area contributed by atoms with Crippen molar-refractivity contribution in [1.82, 2.24) is 5.43 Å². The van der Waals surface area contributed by atoms with Gasteiger partial charge in [-0.15, -0.1) is 0 Å². The van der Waals surface area contributed by atoms with Gasteiger partial charge < -0.3 is 10.1 Å². The maximum atomic E-state index is 12.3. The van der Waals surface area contributed by atoms with Crippen LogP contribution in [0, 0.1) is 0 Å². The summed E-state index contributed by atoms with van der Waals surface area (Å²) in [4.78, 5) is 24.2. The Hall–Kier alpha value is -3.15. The van der Waals surface area contributed by atoms with Crippen LogP contribution >= 0.6 is 0 Å². The first kappa shape index (κ1) is 21.2. The van der Waals surface area contributed by atoms with Crippen LogP contribution in [0.3, 0.4) is 0 Å². The van der Waals surface area contributed by atoms with Crippen molar-refractivity contribution >= 4 is 23.7 Å². The van der Waals surface area contributed by atoms with Crippen LogP contribution in [0.4, 0.5) is 5.69 Å². The fraction of sp³-hybridized carbons (Fsp3) is 0.318. The van der Waals surface area contributed by atoms with E-state index in [1.54, 1.807) is 37.6 Å². The number of unbranched alkanes of at least 4 members (excludes halogenated alkanes) is 3. The minimum atomic E-state index is -0.344. The average molecular weight is 381 g/mol. The zero-order chi connectivity index (χ0) is 20.2. The molecule has 0 unspecified atom stereocenters.